The second-order valence-electron chi connectivity index (χ2n) is 9.79. The summed E-state index contributed by atoms with van der Waals surface area (Å²) >= 11 is 0. The van der Waals surface area contributed by atoms with Crippen LogP contribution in [0.2, 0.25) is 0 Å². The number of carbonyl (C=O) groups is 1. The topological polar surface area (TPSA) is 56.2 Å². The lowest BCUT2D eigenvalue weighted by Gasteiger charge is -2.38. The first-order valence-electron chi connectivity index (χ1n) is 11.5. The Kier molecular flexibility index (Phi) is 6.66. The van der Waals surface area contributed by atoms with Crippen LogP contribution in [-0.2, 0) is 16.0 Å². The van der Waals surface area contributed by atoms with Gasteiger partial charge in [-0.2, -0.15) is 0 Å². The van der Waals surface area contributed by atoms with Crippen LogP contribution < -0.4 is 4.90 Å². The molecule has 1 N–H and O–H groups in total. The van der Waals surface area contributed by atoms with Gasteiger partial charge < -0.3 is 24.5 Å². The van der Waals surface area contributed by atoms with Crippen LogP contribution in [0.5, 0.6) is 0 Å². The average Bonchev–Trinajstić information content (AvgIpc) is 3.12. The molecule has 3 heterocycles. The molecule has 1 spiro atoms. The van der Waals surface area contributed by atoms with Crippen molar-refractivity contribution in [1.29, 1.82) is 0 Å². The van der Waals surface area contributed by atoms with Crippen LogP contribution in [0, 0.1) is 5.41 Å². The molecular formula is C24H37N3O3. The molecule has 3 aliphatic rings. The third-order valence-corrected chi connectivity index (χ3v) is 7.29. The van der Waals surface area contributed by atoms with Gasteiger partial charge in [0, 0.05) is 52.5 Å². The zero-order valence-corrected chi connectivity index (χ0v) is 18.6. The van der Waals surface area contributed by atoms with Crippen molar-refractivity contribution in [1.82, 2.24) is 9.80 Å². The first-order chi connectivity index (χ1) is 14.4. The maximum Gasteiger partial charge on any atom is 0.226 e. The highest BCUT2D eigenvalue weighted by atomic mass is 16.5. The average molecular weight is 416 g/mol. The van der Waals surface area contributed by atoms with E-state index in [4.69, 9.17) is 4.74 Å². The van der Waals surface area contributed by atoms with Crippen LogP contribution >= 0.6 is 0 Å². The van der Waals surface area contributed by atoms with Gasteiger partial charge in [0.2, 0.25) is 5.91 Å². The van der Waals surface area contributed by atoms with Crippen molar-refractivity contribution in [3.05, 3.63) is 29.8 Å². The second kappa shape index (κ2) is 9.25. The van der Waals surface area contributed by atoms with Gasteiger partial charge in [-0.25, -0.2) is 0 Å². The minimum Gasteiger partial charge on any atom is -0.393 e. The Hall–Kier alpha value is -1.63. The smallest absolute Gasteiger partial charge is 0.226 e. The molecule has 4 rings (SSSR count). The van der Waals surface area contributed by atoms with E-state index >= 15 is 0 Å². The minimum absolute atomic E-state index is 0.120. The minimum atomic E-state index is -0.120. The highest BCUT2D eigenvalue weighted by Gasteiger charge is 2.43. The van der Waals surface area contributed by atoms with Crippen LogP contribution in [0.4, 0.5) is 5.69 Å². The molecule has 1 aromatic rings. The number of piperidine rings is 2. The number of carbonyl (C=O) groups excluding carboxylic acids is 1. The molecule has 1 aromatic carbocycles. The van der Waals surface area contributed by atoms with E-state index in [9.17, 15) is 9.90 Å². The van der Waals surface area contributed by atoms with Crippen molar-refractivity contribution in [3.8, 4) is 0 Å². The van der Waals surface area contributed by atoms with Gasteiger partial charge in [0.15, 0.2) is 0 Å². The molecule has 3 fully saturated rings. The Morgan fingerprint density at radius 1 is 1.13 bits per heavy atom. The van der Waals surface area contributed by atoms with Crippen molar-refractivity contribution in [3.63, 3.8) is 0 Å². The summed E-state index contributed by atoms with van der Waals surface area (Å²) in [6.45, 7) is 5.47. The molecule has 6 nitrogen and oxygen atoms in total. The Bertz CT molecular complexity index is 705. The number of amides is 1. The largest absolute Gasteiger partial charge is 0.393 e. The Morgan fingerprint density at radius 2 is 1.80 bits per heavy atom. The predicted molar refractivity (Wildman–Crippen MR) is 119 cm³/mol. The number of hydrogen-bond donors (Lipinski definition) is 1. The standard InChI is InChI=1S/C24H37N3O3/c1-25(2)20-5-3-19(4-6-20)15-23(29)27-13-9-24(10-14-27)16-22(30-18-24)17-26-11-7-21(28)8-12-26/h3-6,21-22,28H,7-18H2,1-2H3/t22-/m1/s1. The Labute approximate surface area is 180 Å². The second-order valence-corrected chi connectivity index (χ2v) is 9.79. The van der Waals surface area contributed by atoms with E-state index in [1.54, 1.807) is 0 Å². The molecule has 1 amide bonds. The fourth-order valence-corrected chi connectivity index (χ4v) is 5.18. The van der Waals surface area contributed by atoms with E-state index in [0.717, 1.165) is 82.7 Å². The number of rotatable bonds is 5. The lowest BCUT2D eigenvalue weighted by molar-refractivity contribution is -0.132. The summed E-state index contributed by atoms with van der Waals surface area (Å²) in [5, 5.41) is 9.69. The van der Waals surface area contributed by atoms with E-state index in [1.165, 1.54) is 0 Å². The van der Waals surface area contributed by atoms with Gasteiger partial charge in [-0.3, -0.25) is 4.79 Å². The quantitative estimate of drug-likeness (QED) is 0.799. The summed E-state index contributed by atoms with van der Waals surface area (Å²) in [4.78, 5) is 19.4. The summed E-state index contributed by atoms with van der Waals surface area (Å²) in [5.41, 5.74) is 2.49. The summed E-state index contributed by atoms with van der Waals surface area (Å²) in [5.74, 6) is 0.241. The van der Waals surface area contributed by atoms with Crippen molar-refractivity contribution < 1.29 is 14.6 Å². The molecular weight excluding hydrogens is 378 g/mol. The number of benzene rings is 1. The van der Waals surface area contributed by atoms with E-state index in [1.807, 2.05) is 19.0 Å². The first-order valence-corrected chi connectivity index (χ1v) is 11.5. The number of aliphatic hydroxyl groups excluding tert-OH is 1. The fourth-order valence-electron chi connectivity index (χ4n) is 5.18. The molecule has 3 saturated heterocycles. The Morgan fingerprint density at radius 3 is 2.43 bits per heavy atom. The summed E-state index contributed by atoms with van der Waals surface area (Å²) < 4.78 is 6.19. The van der Waals surface area contributed by atoms with Crippen LogP contribution in [0.3, 0.4) is 0 Å². The lowest BCUT2D eigenvalue weighted by atomic mass is 9.76. The Balaban J connectivity index is 1.23. The molecule has 0 radical (unpaired) electrons. The highest BCUT2D eigenvalue weighted by molar-refractivity contribution is 5.79. The van der Waals surface area contributed by atoms with Crippen LogP contribution in [0.15, 0.2) is 24.3 Å². The van der Waals surface area contributed by atoms with E-state index in [2.05, 4.69) is 34.1 Å². The maximum absolute atomic E-state index is 12.8. The van der Waals surface area contributed by atoms with Crippen molar-refractivity contribution in [2.75, 3.05) is 58.3 Å². The maximum atomic E-state index is 12.8. The zero-order valence-electron chi connectivity index (χ0n) is 18.6. The molecule has 0 saturated carbocycles. The van der Waals surface area contributed by atoms with Gasteiger partial charge in [-0.1, -0.05) is 12.1 Å². The summed E-state index contributed by atoms with van der Waals surface area (Å²) in [6, 6.07) is 8.28. The van der Waals surface area contributed by atoms with Gasteiger partial charge in [-0.15, -0.1) is 0 Å². The fraction of sp³-hybridized carbons (Fsp3) is 0.708. The summed E-state index contributed by atoms with van der Waals surface area (Å²) in [6.07, 6.45) is 5.64. The zero-order chi connectivity index (χ0) is 21.1. The van der Waals surface area contributed by atoms with E-state index in [0.29, 0.717) is 12.5 Å². The normalized spacial score (nSPS) is 25.0. The van der Waals surface area contributed by atoms with Crippen molar-refractivity contribution >= 4 is 11.6 Å². The number of likely N-dealkylation sites (tertiary alicyclic amines) is 2. The molecule has 30 heavy (non-hydrogen) atoms. The number of hydrogen-bond acceptors (Lipinski definition) is 5. The first kappa shape index (κ1) is 21.6. The van der Waals surface area contributed by atoms with Gasteiger partial charge >= 0.3 is 0 Å². The third kappa shape index (κ3) is 5.16. The van der Waals surface area contributed by atoms with Crippen molar-refractivity contribution in [2.24, 2.45) is 5.41 Å². The highest BCUT2D eigenvalue weighted by Crippen LogP contribution is 2.42. The third-order valence-electron chi connectivity index (χ3n) is 7.29. The van der Waals surface area contributed by atoms with E-state index in [-0.39, 0.29) is 17.4 Å². The monoisotopic (exact) mass is 415 g/mol. The summed E-state index contributed by atoms with van der Waals surface area (Å²) in [7, 11) is 4.05. The SMILES string of the molecule is CN(C)c1ccc(CC(=O)N2CCC3(CC2)CO[C@@H](CN2CCC(O)CC2)C3)cc1. The molecule has 6 heteroatoms. The number of ether oxygens (including phenoxy) is 1. The number of aliphatic hydroxyl groups is 1. The molecule has 0 bridgehead atoms. The van der Waals surface area contributed by atoms with Gasteiger partial charge in [0.05, 0.1) is 25.2 Å². The van der Waals surface area contributed by atoms with Crippen LogP contribution in [0.1, 0.15) is 37.7 Å². The van der Waals surface area contributed by atoms with Crippen LogP contribution in [-0.4, -0.2) is 86.4 Å². The molecule has 0 aromatic heterocycles. The predicted octanol–water partition coefficient (Wildman–Crippen LogP) is 2.15. The molecule has 0 aliphatic carbocycles. The van der Waals surface area contributed by atoms with Gasteiger partial charge in [-0.05, 0) is 55.2 Å². The number of anilines is 1. The van der Waals surface area contributed by atoms with Crippen molar-refractivity contribution in [2.45, 2.75) is 50.7 Å². The molecule has 0 unspecified atom stereocenters. The number of nitrogens with zero attached hydrogens (tertiary/aromatic N) is 3. The van der Waals surface area contributed by atoms with Gasteiger partial charge in [0.25, 0.3) is 0 Å². The molecule has 1 atom stereocenters. The molecule has 166 valence electrons. The van der Waals surface area contributed by atoms with Gasteiger partial charge in [0.1, 0.15) is 0 Å². The van der Waals surface area contributed by atoms with E-state index < -0.39 is 0 Å². The molecule has 3 aliphatic heterocycles. The lowest BCUT2D eigenvalue weighted by Crippen LogP contribution is -2.44. The van der Waals surface area contributed by atoms with Crippen LogP contribution in [0.25, 0.3) is 0 Å².